The lowest BCUT2D eigenvalue weighted by Gasteiger charge is -2.18. The van der Waals surface area contributed by atoms with Gasteiger partial charge in [-0.05, 0) is 23.6 Å². The molecule has 0 saturated heterocycles. The van der Waals surface area contributed by atoms with E-state index < -0.39 is 10.0 Å². The minimum absolute atomic E-state index is 0.0753. The molecular weight excluding hydrogens is 300 g/mol. The van der Waals surface area contributed by atoms with Crippen molar-refractivity contribution >= 4 is 38.6 Å². The quantitative estimate of drug-likeness (QED) is 0.906. The maximum Gasteiger partial charge on any atom is 0.271 e. The standard InChI is InChI=1S/C12H10N2O4S2/c15-11-7-18-10-6-8(3-4-9(10)13-11)14-20(16,17)12-2-1-5-19-12/h1-6,14H,7H2,(H,13,15). The van der Waals surface area contributed by atoms with Crippen molar-refractivity contribution in [1.82, 2.24) is 0 Å². The van der Waals surface area contributed by atoms with Gasteiger partial charge in [0.25, 0.3) is 15.9 Å². The number of sulfonamides is 1. The SMILES string of the molecule is O=C1COc2cc(NS(=O)(=O)c3cccs3)ccc2N1. The second-order valence-electron chi connectivity index (χ2n) is 4.09. The first-order chi connectivity index (χ1) is 9.54. The summed E-state index contributed by atoms with van der Waals surface area (Å²) in [6.07, 6.45) is 0. The Labute approximate surface area is 119 Å². The fraction of sp³-hybridized carbons (Fsp3) is 0.0833. The third-order valence-corrected chi connectivity index (χ3v) is 5.41. The Morgan fingerprint density at radius 2 is 2.15 bits per heavy atom. The van der Waals surface area contributed by atoms with Crippen molar-refractivity contribution in [2.75, 3.05) is 16.6 Å². The number of amides is 1. The Morgan fingerprint density at radius 1 is 1.30 bits per heavy atom. The van der Waals surface area contributed by atoms with E-state index in [4.69, 9.17) is 4.74 Å². The molecule has 8 heteroatoms. The van der Waals surface area contributed by atoms with Crippen LogP contribution in [0.2, 0.25) is 0 Å². The molecule has 0 aliphatic carbocycles. The molecule has 0 fully saturated rings. The van der Waals surface area contributed by atoms with Crippen molar-refractivity contribution in [3.63, 3.8) is 0 Å². The lowest BCUT2D eigenvalue weighted by molar-refractivity contribution is -0.118. The van der Waals surface area contributed by atoms with E-state index >= 15 is 0 Å². The number of nitrogens with one attached hydrogen (secondary N) is 2. The first-order valence-corrected chi connectivity index (χ1v) is 8.04. The van der Waals surface area contributed by atoms with Crippen molar-refractivity contribution in [2.45, 2.75) is 4.21 Å². The van der Waals surface area contributed by atoms with Gasteiger partial charge < -0.3 is 10.1 Å². The second-order valence-corrected chi connectivity index (χ2v) is 6.94. The van der Waals surface area contributed by atoms with Crippen LogP contribution in [-0.4, -0.2) is 20.9 Å². The molecule has 0 unspecified atom stereocenters. The summed E-state index contributed by atoms with van der Waals surface area (Å²) >= 11 is 1.14. The highest BCUT2D eigenvalue weighted by Gasteiger charge is 2.19. The van der Waals surface area contributed by atoms with E-state index in [0.29, 0.717) is 17.1 Å². The summed E-state index contributed by atoms with van der Waals surface area (Å²) < 4.78 is 32.1. The number of carbonyl (C=O) groups excluding carboxylic acids is 1. The summed E-state index contributed by atoms with van der Waals surface area (Å²) in [5.41, 5.74) is 0.911. The minimum atomic E-state index is -3.58. The molecule has 3 rings (SSSR count). The normalized spacial score (nSPS) is 14.1. The molecule has 6 nitrogen and oxygen atoms in total. The Kier molecular flexibility index (Phi) is 3.11. The van der Waals surface area contributed by atoms with Crippen molar-refractivity contribution < 1.29 is 17.9 Å². The zero-order chi connectivity index (χ0) is 14.2. The molecule has 0 bridgehead atoms. The number of anilines is 2. The molecule has 0 radical (unpaired) electrons. The highest BCUT2D eigenvalue weighted by Crippen LogP contribution is 2.31. The summed E-state index contributed by atoms with van der Waals surface area (Å²) in [6.45, 7) is -0.0753. The van der Waals surface area contributed by atoms with Gasteiger partial charge in [-0.15, -0.1) is 11.3 Å². The molecule has 0 saturated carbocycles. The zero-order valence-corrected chi connectivity index (χ0v) is 11.8. The predicted octanol–water partition coefficient (Wildman–Crippen LogP) is 1.88. The first-order valence-electron chi connectivity index (χ1n) is 5.68. The largest absolute Gasteiger partial charge is 0.482 e. The molecule has 0 atom stereocenters. The average Bonchev–Trinajstić information content (AvgIpc) is 2.93. The maximum atomic E-state index is 12.1. The molecule has 1 aliphatic heterocycles. The molecule has 1 aliphatic rings. The number of carbonyl (C=O) groups is 1. The zero-order valence-electron chi connectivity index (χ0n) is 10.1. The van der Waals surface area contributed by atoms with Gasteiger partial charge in [0.05, 0.1) is 11.4 Å². The van der Waals surface area contributed by atoms with E-state index in [0.717, 1.165) is 11.3 Å². The summed E-state index contributed by atoms with van der Waals surface area (Å²) in [4.78, 5) is 11.1. The predicted molar refractivity (Wildman–Crippen MR) is 75.7 cm³/mol. The third-order valence-electron chi connectivity index (χ3n) is 2.63. The van der Waals surface area contributed by atoms with Crippen molar-refractivity contribution in [2.24, 2.45) is 0 Å². The topological polar surface area (TPSA) is 84.5 Å². The second kappa shape index (κ2) is 4.80. The van der Waals surface area contributed by atoms with Crippen molar-refractivity contribution in [3.05, 3.63) is 35.7 Å². The van der Waals surface area contributed by atoms with Gasteiger partial charge in [-0.25, -0.2) is 8.42 Å². The van der Waals surface area contributed by atoms with Crippen LogP contribution in [0.1, 0.15) is 0 Å². The molecule has 20 heavy (non-hydrogen) atoms. The van der Waals surface area contributed by atoms with Gasteiger partial charge in [0.15, 0.2) is 6.61 Å². The Balaban J connectivity index is 1.88. The smallest absolute Gasteiger partial charge is 0.271 e. The van der Waals surface area contributed by atoms with Gasteiger partial charge in [0, 0.05) is 6.07 Å². The van der Waals surface area contributed by atoms with Gasteiger partial charge in [-0.1, -0.05) is 6.07 Å². The highest BCUT2D eigenvalue weighted by molar-refractivity contribution is 7.94. The minimum Gasteiger partial charge on any atom is -0.482 e. The van der Waals surface area contributed by atoms with E-state index in [1.165, 1.54) is 6.07 Å². The number of fused-ring (bicyclic) bond motifs is 1. The number of hydrogen-bond donors (Lipinski definition) is 2. The van der Waals surface area contributed by atoms with Crippen LogP contribution >= 0.6 is 11.3 Å². The van der Waals surface area contributed by atoms with Crippen LogP contribution in [0.25, 0.3) is 0 Å². The average molecular weight is 310 g/mol. The van der Waals surface area contributed by atoms with Crippen LogP contribution in [0.4, 0.5) is 11.4 Å². The molecule has 1 aromatic heterocycles. The van der Waals surface area contributed by atoms with Crippen molar-refractivity contribution in [1.29, 1.82) is 0 Å². The number of ether oxygens (including phenoxy) is 1. The maximum absolute atomic E-state index is 12.1. The highest BCUT2D eigenvalue weighted by atomic mass is 32.2. The van der Waals surface area contributed by atoms with Crippen LogP contribution < -0.4 is 14.8 Å². The fourth-order valence-electron chi connectivity index (χ4n) is 1.76. The molecule has 2 N–H and O–H groups in total. The van der Waals surface area contributed by atoms with E-state index in [2.05, 4.69) is 10.0 Å². The molecule has 104 valence electrons. The van der Waals surface area contributed by atoms with E-state index in [9.17, 15) is 13.2 Å². The van der Waals surface area contributed by atoms with E-state index in [-0.39, 0.29) is 16.7 Å². The van der Waals surface area contributed by atoms with Crippen LogP contribution in [0, 0.1) is 0 Å². The van der Waals surface area contributed by atoms with Gasteiger partial charge in [0.2, 0.25) is 0 Å². The summed E-state index contributed by atoms with van der Waals surface area (Å²) in [5.74, 6) is 0.209. The Hall–Kier alpha value is -2.06. The molecule has 0 spiro atoms. The lowest BCUT2D eigenvalue weighted by Crippen LogP contribution is -2.25. The first kappa shape index (κ1) is 12.9. The molecule has 1 amide bonds. The van der Waals surface area contributed by atoms with E-state index in [1.54, 1.807) is 29.6 Å². The Bertz CT molecular complexity index is 754. The third kappa shape index (κ3) is 2.47. The number of hydrogen-bond acceptors (Lipinski definition) is 5. The van der Waals surface area contributed by atoms with Crippen LogP contribution in [0.15, 0.2) is 39.9 Å². The molecular formula is C12H10N2O4S2. The molecule has 1 aromatic carbocycles. The lowest BCUT2D eigenvalue weighted by atomic mass is 10.2. The fourth-order valence-corrected chi connectivity index (χ4v) is 3.80. The van der Waals surface area contributed by atoms with E-state index in [1.807, 2.05) is 0 Å². The summed E-state index contributed by atoms with van der Waals surface area (Å²) in [6, 6.07) is 7.91. The summed E-state index contributed by atoms with van der Waals surface area (Å²) in [5, 5.41) is 4.33. The number of thiophene rings is 1. The van der Waals surface area contributed by atoms with Gasteiger partial charge in [-0.2, -0.15) is 0 Å². The van der Waals surface area contributed by atoms with Gasteiger partial charge in [-0.3, -0.25) is 9.52 Å². The number of benzene rings is 1. The summed E-state index contributed by atoms with van der Waals surface area (Å²) in [7, 11) is -3.58. The molecule has 2 aromatic rings. The number of rotatable bonds is 3. The van der Waals surface area contributed by atoms with Crippen molar-refractivity contribution in [3.8, 4) is 5.75 Å². The van der Waals surface area contributed by atoms with Gasteiger partial charge in [0.1, 0.15) is 9.96 Å². The monoisotopic (exact) mass is 310 g/mol. The van der Waals surface area contributed by atoms with Crippen LogP contribution in [0.5, 0.6) is 5.75 Å². The Morgan fingerprint density at radius 3 is 2.90 bits per heavy atom. The van der Waals surface area contributed by atoms with Crippen LogP contribution in [-0.2, 0) is 14.8 Å². The van der Waals surface area contributed by atoms with Gasteiger partial charge >= 0.3 is 0 Å². The molecule has 2 heterocycles. The van der Waals surface area contributed by atoms with Crippen LogP contribution in [0.3, 0.4) is 0 Å².